The Morgan fingerprint density at radius 1 is 1.27 bits per heavy atom. The number of fused-ring (bicyclic) bond motifs is 1. The molecule has 1 aromatic heterocycles. The number of esters is 1. The third kappa shape index (κ3) is 6.05. The van der Waals surface area contributed by atoms with E-state index in [9.17, 15) is 15.0 Å². The highest BCUT2D eigenvalue weighted by Gasteiger charge is 2.55. The number of thiazole rings is 1. The normalized spacial score (nSPS) is 34.2. The van der Waals surface area contributed by atoms with Crippen LogP contribution in [0.3, 0.4) is 0 Å². The van der Waals surface area contributed by atoms with Gasteiger partial charge in [-0.2, -0.15) is 0 Å². The summed E-state index contributed by atoms with van der Waals surface area (Å²) < 4.78 is 6.18. The highest BCUT2D eigenvalue weighted by Crippen LogP contribution is 2.59. The highest BCUT2D eigenvalue weighted by molar-refractivity contribution is 7.11. The molecular formula is C34H49NO4S. The molecule has 0 amide bonds. The van der Waals surface area contributed by atoms with Gasteiger partial charge < -0.3 is 14.9 Å². The standard InChI is InChI=1S/C34H49NO4S/c1-5-8-31(38)39-30(34(17-18-34)32-35-21-22(2)40-32)11-6-10-26-14-15-28-24(9-7-16-33(26,28)4)12-13-25-19-27(36)20-29(37)23(25)3/h12-13,21,26-30,36-37H,3,5-11,14-20H2,1-2,4H3/b24-12+,25-13-/t26?,27-,28?,29+,30?,33?/m1/s1. The molecule has 1 aromatic rings. The summed E-state index contributed by atoms with van der Waals surface area (Å²) in [5, 5.41) is 21.6. The molecule has 0 bridgehead atoms. The number of nitrogens with zero attached hydrogens (tertiary/aromatic N) is 1. The Kier molecular flexibility index (Phi) is 9.09. The van der Waals surface area contributed by atoms with Gasteiger partial charge in [-0.3, -0.25) is 4.79 Å². The molecule has 4 aliphatic carbocycles. The lowest BCUT2D eigenvalue weighted by Crippen LogP contribution is -2.34. The molecule has 2 N–H and O–H groups in total. The van der Waals surface area contributed by atoms with Crippen LogP contribution in [0.15, 0.2) is 41.6 Å². The molecule has 0 radical (unpaired) electrons. The minimum Gasteiger partial charge on any atom is -0.461 e. The van der Waals surface area contributed by atoms with E-state index in [1.54, 1.807) is 11.3 Å². The molecule has 1 heterocycles. The third-order valence-corrected chi connectivity index (χ3v) is 11.8. The summed E-state index contributed by atoms with van der Waals surface area (Å²) in [6.45, 7) is 10.7. The molecule has 220 valence electrons. The van der Waals surface area contributed by atoms with Crippen molar-refractivity contribution in [3.05, 3.63) is 51.5 Å². The number of hydrogen-bond donors (Lipinski definition) is 2. The molecule has 5 nitrogen and oxygen atoms in total. The number of carbonyl (C=O) groups is 1. The zero-order valence-corrected chi connectivity index (χ0v) is 25.6. The van der Waals surface area contributed by atoms with Gasteiger partial charge >= 0.3 is 5.97 Å². The fourth-order valence-electron chi connectivity index (χ4n) is 8.10. The van der Waals surface area contributed by atoms with Gasteiger partial charge in [0.1, 0.15) is 11.1 Å². The van der Waals surface area contributed by atoms with Crippen molar-refractivity contribution in [3.8, 4) is 0 Å². The SMILES string of the molecule is C=C1/C(=C\C=C2/CCCC3(C)C(CCCC(OC(=O)CCC)C4(c5ncc(C)s5)CC4)CCC23)C[C@@H](O)C[C@@H]1O. The van der Waals surface area contributed by atoms with Crippen LogP contribution in [0.1, 0.15) is 114 Å². The molecule has 6 atom stereocenters. The molecule has 4 saturated carbocycles. The summed E-state index contributed by atoms with van der Waals surface area (Å²) in [7, 11) is 0. The second-order valence-electron chi connectivity index (χ2n) is 13.3. The van der Waals surface area contributed by atoms with Crippen LogP contribution >= 0.6 is 11.3 Å². The van der Waals surface area contributed by atoms with E-state index in [2.05, 4.69) is 32.6 Å². The zero-order chi connectivity index (χ0) is 28.5. The van der Waals surface area contributed by atoms with E-state index in [1.807, 2.05) is 13.1 Å². The zero-order valence-electron chi connectivity index (χ0n) is 24.8. The molecule has 0 spiro atoms. The minimum absolute atomic E-state index is 0.0585. The Hall–Kier alpha value is -1.76. The molecule has 6 heteroatoms. The number of aromatic nitrogens is 1. The Bertz CT molecular complexity index is 1150. The van der Waals surface area contributed by atoms with Crippen molar-refractivity contribution in [2.24, 2.45) is 17.3 Å². The lowest BCUT2D eigenvalue weighted by molar-refractivity contribution is -0.151. The number of aliphatic hydroxyl groups is 2. The van der Waals surface area contributed by atoms with Crippen molar-refractivity contribution < 1.29 is 19.7 Å². The highest BCUT2D eigenvalue weighted by atomic mass is 32.1. The van der Waals surface area contributed by atoms with E-state index in [4.69, 9.17) is 9.72 Å². The topological polar surface area (TPSA) is 79.7 Å². The second-order valence-corrected chi connectivity index (χ2v) is 14.6. The molecule has 0 saturated heterocycles. The predicted octanol–water partition coefficient (Wildman–Crippen LogP) is 7.51. The molecule has 4 fully saturated rings. The molecule has 5 rings (SSSR count). The summed E-state index contributed by atoms with van der Waals surface area (Å²) in [6, 6.07) is 0. The van der Waals surface area contributed by atoms with Gasteiger partial charge in [0.15, 0.2) is 0 Å². The lowest BCUT2D eigenvalue weighted by atomic mass is 9.62. The molecule has 4 unspecified atom stereocenters. The number of aryl methyl sites for hydroxylation is 1. The maximum Gasteiger partial charge on any atom is 0.306 e. The number of allylic oxidation sites excluding steroid dienone is 3. The maximum atomic E-state index is 12.6. The van der Waals surface area contributed by atoms with Crippen molar-refractivity contribution >= 4 is 17.3 Å². The second kappa shape index (κ2) is 12.2. The van der Waals surface area contributed by atoms with E-state index >= 15 is 0 Å². The number of ether oxygens (including phenoxy) is 1. The van der Waals surface area contributed by atoms with E-state index in [0.717, 1.165) is 54.7 Å². The quantitative estimate of drug-likeness (QED) is 0.286. The van der Waals surface area contributed by atoms with E-state index in [-0.39, 0.29) is 17.5 Å². The van der Waals surface area contributed by atoms with Crippen LogP contribution in [-0.2, 0) is 14.9 Å². The first-order valence-electron chi connectivity index (χ1n) is 15.7. The first kappa shape index (κ1) is 29.7. The summed E-state index contributed by atoms with van der Waals surface area (Å²) in [4.78, 5) is 18.6. The average Bonchev–Trinajstić information content (AvgIpc) is 3.48. The first-order chi connectivity index (χ1) is 19.2. The monoisotopic (exact) mass is 567 g/mol. The summed E-state index contributed by atoms with van der Waals surface area (Å²) >= 11 is 1.77. The largest absolute Gasteiger partial charge is 0.461 e. The van der Waals surface area contributed by atoms with Crippen molar-refractivity contribution in [1.29, 1.82) is 0 Å². The summed E-state index contributed by atoms with van der Waals surface area (Å²) in [5.41, 5.74) is 3.54. The van der Waals surface area contributed by atoms with Gasteiger partial charge in [0, 0.05) is 23.9 Å². The van der Waals surface area contributed by atoms with Crippen molar-refractivity contribution in [2.45, 2.75) is 134 Å². The fourth-order valence-corrected chi connectivity index (χ4v) is 9.15. The van der Waals surface area contributed by atoms with Crippen LogP contribution in [-0.4, -0.2) is 39.5 Å². The van der Waals surface area contributed by atoms with Crippen LogP contribution in [0.25, 0.3) is 0 Å². The first-order valence-corrected chi connectivity index (χ1v) is 16.5. The van der Waals surface area contributed by atoms with Gasteiger partial charge in [-0.05, 0) is 112 Å². The molecule has 4 aliphatic rings. The van der Waals surface area contributed by atoms with E-state index < -0.39 is 12.2 Å². The predicted molar refractivity (Wildman–Crippen MR) is 161 cm³/mol. The van der Waals surface area contributed by atoms with Crippen LogP contribution in [0.5, 0.6) is 0 Å². The van der Waals surface area contributed by atoms with Gasteiger partial charge in [0.25, 0.3) is 0 Å². The summed E-state index contributed by atoms with van der Waals surface area (Å²) in [6.07, 6.45) is 18.9. The molecule has 40 heavy (non-hydrogen) atoms. The smallest absolute Gasteiger partial charge is 0.306 e. The molecule has 0 aliphatic heterocycles. The molecule has 0 aromatic carbocycles. The summed E-state index contributed by atoms with van der Waals surface area (Å²) in [5.74, 6) is 1.23. The minimum atomic E-state index is -0.639. The van der Waals surface area contributed by atoms with E-state index in [1.165, 1.54) is 42.6 Å². The third-order valence-electron chi connectivity index (χ3n) is 10.6. The Morgan fingerprint density at radius 3 is 2.77 bits per heavy atom. The van der Waals surface area contributed by atoms with Gasteiger partial charge in [-0.1, -0.05) is 38.2 Å². The number of hydrogen-bond acceptors (Lipinski definition) is 6. The maximum absolute atomic E-state index is 12.6. The van der Waals surface area contributed by atoms with Crippen LogP contribution in [0.2, 0.25) is 0 Å². The van der Waals surface area contributed by atoms with Gasteiger partial charge in [0.05, 0.1) is 17.6 Å². The van der Waals surface area contributed by atoms with E-state index in [0.29, 0.717) is 36.5 Å². The Morgan fingerprint density at radius 2 is 2.08 bits per heavy atom. The van der Waals surface area contributed by atoms with Crippen molar-refractivity contribution in [1.82, 2.24) is 4.98 Å². The van der Waals surface area contributed by atoms with Crippen LogP contribution in [0.4, 0.5) is 0 Å². The van der Waals surface area contributed by atoms with Crippen molar-refractivity contribution in [3.63, 3.8) is 0 Å². The number of aliphatic hydroxyl groups excluding tert-OH is 2. The van der Waals surface area contributed by atoms with Crippen LogP contribution in [0, 0.1) is 24.2 Å². The van der Waals surface area contributed by atoms with Gasteiger partial charge in [-0.25, -0.2) is 4.98 Å². The number of rotatable bonds is 10. The van der Waals surface area contributed by atoms with Crippen molar-refractivity contribution in [2.75, 3.05) is 0 Å². The average molecular weight is 568 g/mol. The Balaban J connectivity index is 1.24. The number of carbonyl (C=O) groups excluding carboxylic acids is 1. The van der Waals surface area contributed by atoms with Gasteiger partial charge in [-0.15, -0.1) is 11.3 Å². The van der Waals surface area contributed by atoms with Gasteiger partial charge in [0.2, 0.25) is 0 Å². The Labute approximate surface area is 244 Å². The lowest BCUT2D eigenvalue weighted by Gasteiger charge is -2.42. The fraction of sp³-hybridized carbons (Fsp3) is 0.706. The molecular weight excluding hydrogens is 518 g/mol. The van der Waals surface area contributed by atoms with Crippen LogP contribution < -0.4 is 0 Å².